The number of nitrogens with zero attached hydrogens (tertiary/aromatic N) is 3. The van der Waals surface area contributed by atoms with E-state index in [-0.39, 0.29) is 23.9 Å². The molecule has 1 aromatic heterocycles. The average Bonchev–Trinajstić information content (AvgIpc) is 2.82. The molecule has 0 radical (unpaired) electrons. The molecule has 0 fully saturated rings. The molecule has 0 atom stereocenters. The van der Waals surface area contributed by atoms with Gasteiger partial charge in [0.1, 0.15) is 0 Å². The largest absolute Gasteiger partial charge is 0.379 e. The van der Waals surface area contributed by atoms with E-state index in [4.69, 9.17) is 11.1 Å². The van der Waals surface area contributed by atoms with Gasteiger partial charge < -0.3 is 5.73 Å². The molecule has 0 aliphatic rings. The number of amidine groups is 1. The van der Waals surface area contributed by atoms with Crippen LogP contribution < -0.4 is 5.73 Å². The fourth-order valence-electron chi connectivity index (χ4n) is 1.47. The van der Waals surface area contributed by atoms with Crippen molar-refractivity contribution in [1.29, 1.82) is 5.41 Å². The quantitative estimate of drug-likeness (QED) is 0.420. The Balaban J connectivity index is 1.95. The zero-order valence-electron chi connectivity index (χ0n) is 9.58. The van der Waals surface area contributed by atoms with E-state index in [0.717, 1.165) is 10.6 Å². The van der Waals surface area contributed by atoms with Crippen LogP contribution in [0.15, 0.2) is 35.0 Å². The van der Waals surface area contributed by atoms with Crippen molar-refractivity contribution < 1.29 is 9.84 Å². The molecule has 1 heterocycles. The average molecular weight is 247 g/mol. The minimum atomic E-state index is -0.232. The second-order valence-corrected chi connectivity index (χ2v) is 3.71. The van der Waals surface area contributed by atoms with Crippen molar-refractivity contribution in [1.82, 2.24) is 15.4 Å². The minimum Gasteiger partial charge on any atom is -0.379 e. The van der Waals surface area contributed by atoms with Gasteiger partial charge in [-0.05, 0) is 22.3 Å². The minimum absolute atomic E-state index is 0.0150. The van der Waals surface area contributed by atoms with Crippen LogP contribution in [0.2, 0.25) is 0 Å². The highest BCUT2D eigenvalue weighted by atomic mass is 16.6. The summed E-state index contributed by atoms with van der Waals surface area (Å²) in [6.07, 6.45) is 0.602. The molecule has 94 valence electrons. The number of aromatic nitrogens is 2. The van der Waals surface area contributed by atoms with Crippen LogP contribution in [0.25, 0.3) is 0 Å². The Morgan fingerprint density at radius 1 is 1.33 bits per heavy atom. The summed E-state index contributed by atoms with van der Waals surface area (Å²) in [6.45, 7) is 0.259. The summed E-state index contributed by atoms with van der Waals surface area (Å²) in [5.74, 6) is -0.247. The van der Waals surface area contributed by atoms with Crippen LogP contribution in [0.4, 0.5) is 5.82 Å². The lowest BCUT2D eigenvalue weighted by Gasteiger charge is -2.15. The predicted molar refractivity (Wildman–Crippen MR) is 64.2 cm³/mol. The Kier molecular flexibility index (Phi) is 3.54. The number of nitrogen functional groups attached to an aromatic ring is 1. The fourth-order valence-corrected chi connectivity index (χ4v) is 1.47. The van der Waals surface area contributed by atoms with E-state index >= 15 is 0 Å². The zero-order chi connectivity index (χ0) is 13.0. The molecule has 0 bridgehead atoms. The summed E-state index contributed by atoms with van der Waals surface area (Å²) >= 11 is 0. The SMILES string of the molecule is N=C(c1nonc1N)N(O)CCc1ccccc1. The maximum Gasteiger partial charge on any atom is 0.199 e. The molecule has 2 aromatic rings. The molecule has 0 saturated heterocycles. The molecule has 7 nitrogen and oxygen atoms in total. The normalized spacial score (nSPS) is 10.3. The molecule has 18 heavy (non-hydrogen) atoms. The van der Waals surface area contributed by atoms with Crippen molar-refractivity contribution in [3.63, 3.8) is 0 Å². The first-order valence-corrected chi connectivity index (χ1v) is 5.36. The van der Waals surface area contributed by atoms with Gasteiger partial charge in [-0.15, -0.1) is 0 Å². The van der Waals surface area contributed by atoms with Crippen LogP contribution in [0.3, 0.4) is 0 Å². The van der Waals surface area contributed by atoms with Crippen LogP contribution in [0.1, 0.15) is 11.3 Å². The van der Waals surface area contributed by atoms with Gasteiger partial charge in [-0.3, -0.25) is 10.6 Å². The van der Waals surface area contributed by atoms with Gasteiger partial charge in [0, 0.05) is 0 Å². The Morgan fingerprint density at radius 2 is 2.06 bits per heavy atom. The predicted octanol–water partition coefficient (Wildman–Crippen LogP) is 0.911. The van der Waals surface area contributed by atoms with Crippen LogP contribution in [-0.4, -0.2) is 33.0 Å². The molecule has 0 spiro atoms. The van der Waals surface area contributed by atoms with E-state index in [1.54, 1.807) is 0 Å². The second kappa shape index (κ2) is 5.28. The number of benzene rings is 1. The third-order valence-electron chi connectivity index (χ3n) is 2.45. The van der Waals surface area contributed by atoms with Crippen LogP contribution >= 0.6 is 0 Å². The fraction of sp³-hybridized carbons (Fsp3) is 0.182. The van der Waals surface area contributed by atoms with E-state index in [9.17, 15) is 5.21 Å². The summed E-state index contributed by atoms with van der Waals surface area (Å²) in [5, 5.41) is 25.0. The van der Waals surface area contributed by atoms with Crippen LogP contribution in [0, 0.1) is 5.41 Å². The van der Waals surface area contributed by atoms with Gasteiger partial charge in [-0.1, -0.05) is 30.3 Å². The van der Waals surface area contributed by atoms with Gasteiger partial charge in [0.2, 0.25) is 0 Å². The summed E-state index contributed by atoms with van der Waals surface area (Å²) < 4.78 is 4.38. The molecule has 1 aromatic carbocycles. The van der Waals surface area contributed by atoms with Crippen molar-refractivity contribution in [2.24, 2.45) is 0 Å². The van der Waals surface area contributed by atoms with Crippen molar-refractivity contribution in [3.05, 3.63) is 41.6 Å². The molecule has 0 saturated carbocycles. The summed E-state index contributed by atoms with van der Waals surface area (Å²) in [4.78, 5) is 0. The number of nitrogens with two attached hydrogens (primary N) is 1. The highest BCUT2D eigenvalue weighted by molar-refractivity contribution is 5.97. The maximum absolute atomic E-state index is 9.72. The third-order valence-corrected chi connectivity index (χ3v) is 2.45. The molecule has 0 unspecified atom stereocenters. The first-order chi connectivity index (χ1) is 8.68. The second-order valence-electron chi connectivity index (χ2n) is 3.71. The van der Waals surface area contributed by atoms with Crippen molar-refractivity contribution in [2.75, 3.05) is 12.3 Å². The Hall–Kier alpha value is -2.41. The van der Waals surface area contributed by atoms with E-state index in [1.165, 1.54) is 0 Å². The van der Waals surface area contributed by atoms with E-state index in [2.05, 4.69) is 14.9 Å². The first-order valence-electron chi connectivity index (χ1n) is 5.36. The Labute approximate surface area is 103 Å². The van der Waals surface area contributed by atoms with Crippen molar-refractivity contribution in [2.45, 2.75) is 6.42 Å². The summed E-state index contributed by atoms with van der Waals surface area (Å²) in [6, 6.07) is 9.65. The molecule has 4 N–H and O–H groups in total. The Bertz CT molecular complexity index is 525. The number of hydroxylamine groups is 2. The zero-order valence-corrected chi connectivity index (χ0v) is 9.58. The van der Waals surface area contributed by atoms with Crippen LogP contribution in [0.5, 0.6) is 0 Å². The Morgan fingerprint density at radius 3 is 2.67 bits per heavy atom. The van der Waals surface area contributed by atoms with Crippen molar-refractivity contribution >= 4 is 11.7 Å². The van der Waals surface area contributed by atoms with Gasteiger partial charge >= 0.3 is 0 Å². The lowest BCUT2D eigenvalue weighted by molar-refractivity contribution is -0.0139. The van der Waals surface area contributed by atoms with Gasteiger partial charge in [0.15, 0.2) is 17.3 Å². The van der Waals surface area contributed by atoms with Crippen molar-refractivity contribution in [3.8, 4) is 0 Å². The highest BCUT2D eigenvalue weighted by Crippen LogP contribution is 2.08. The van der Waals surface area contributed by atoms with Gasteiger partial charge in [-0.25, -0.2) is 9.69 Å². The van der Waals surface area contributed by atoms with Gasteiger partial charge in [0.25, 0.3) is 0 Å². The van der Waals surface area contributed by atoms with Crippen LogP contribution in [-0.2, 0) is 6.42 Å². The maximum atomic E-state index is 9.72. The van der Waals surface area contributed by atoms with E-state index in [1.807, 2.05) is 30.3 Å². The van der Waals surface area contributed by atoms with Gasteiger partial charge in [-0.2, -0.15) is 0 Å². The molecule has 2 rings (SSSR count). The highest BCUT2D eigenvalue weighted by Gasteiger charge is 2.17. The third kappa shape index (κ3) is 2.64. The number of rotatable bonds is 4. The lowest BCUT2D eigenvalue weighted by Crippen LogP contribution is -2.30. The molecule has 7 heteroatoms. The number of anilines is 1. The molecular formula is C11H13N5O2. The van der Waals surface area contributed by atoms with E-state index < -0.39 is 0 Å². The number of nitrogens with one attached hydrogen (secondary N) is 1. The molecule has 0 aliphatic carbocycles. The molecular weight excluding hydrogens is 234 g/mol. The van der Waals surface area contributed by atoms with Gasteiger partial charge in [0.05, 0.1) is 6.54 Å². The summed E-state index contributed by atoms with van der Waals surface area (Å²) in [7, 11) is 0. The number of hydrogen-bond acceptors (Lipinski definition) is 6. The smallest absolute Gasteiger partial charge is 0.199 e. The summed E-state index contributed by atoms with van der Waals surface area (Å²) in [5.41, 5.74) is 6.54. The van der Waals surface area contributed by atoms with E-state index in [0.29, 0.717) is 6.42 Å². The first kappa shape index (κ1) is 12.1. The molecule has 0 amide bonds. The topological polar surface area (TPSA) is 112 Å². The lowest BCUT2D eigenvalue weighted by atomic mass is 10.1. The monoisotopic (exact) mass is 247 g/mol. The molecule has 0 aliphatic heterocycles. The standard InChI is InChI=1S/C11H13N5O2/c12-10-9(14-18-15-10)11(13)16(17)7-6-8-4-2-1-3-5-8/h1-5,13,17H,6-7H2,(H2,12,15). The number of hydrogen-bond donors (Lipinski definition) is 3.